The van der Waals surface area contributed by atoms with Crippen LogP contribution < -0.4 is 10.1 Å². The summed E-state index contributed by atoms with van der Waals surface area (Å²) in [5, 5.41) is 7.06. The maximum atomic E-state index is 12.9. The summed E-state index contributed by atoms with van der Waals surface area (Å²) in [4.78, 5) is 31.9. The van der Waals surface area contributed by atoms with E-state index in [0.717, 1.165) is 58.0 Å². The lowest BCUT2D eigenvalue weighted by atomic mass is 9.74. The van der Waals surface area contributed by atoms with Crippen molar-refractivity contribution < 1.29 is 18.8 Å². The molecule has 8 heteroatoms. The highest BCUT2D eigenvalue weighted by atomic mass is 16.5. The standard InChI is InChI=1S/C25H34N4O4/c1-2-21-27-22(33-28-21)10-11-23(30)29-15-13-25(14-16-29)12-6-3-7-17-32-20-9-5-4-8-19(20)24(31)26-18-25/h4-5,8-9H,2-3,6-7,10-18H2,1H3,(H,26,31). The minimum Gasteiger partial charge on any atom is -0.493 e. The molecule has 4 rings (SSSR count). The highest BCUT2D eigenvalue weighted by Crippen LogP contribution is 2.37. The largest absolute Gasteiger partial charge is 0.493 e. The number of hydrogen-bond acceptors (Lipinski definition) is 6. The van der Waals surface area contributed by atoms with Gasteiger partial charge in [0.1, 0.15) is 5.75 Å². The van der Waals surface area contributed by atoms with E-state index >= 15 is 0 Å². The Morgan fingerprint density at radius 3 is 2.76 bits per heavy atom. The molecule has 8 nitrogen and oxygen atoms in total. The molecular formula is C25H34N4O4. The van der Waals surface area contributed by atoms with Gasteiger partial charge in [0.05, 0.1) is 12.2 Å². The zero-order valence-electron chi connectivity index (χ0n) is 19.5. The SMILES string of the molecule is CCc1noc(CCC(=O)N2CCC3(CCCCCOc4ccccc4C(=O)NC3)CC2)n1. The summed E-state index contributed by atoms with van der Waals surface area (Å²) in [7, 11) is 0. The first-order valence-electron chi connectivity index (χ1n) is 12.2. The van der Waals surface area contributed by atoms with Gasteiger partial charge in [-0.2, -0.15) is 4.98 Å². The Morgan fingerprint density at radius 2 is 1.97 bits per heavy atom. The zero-order chi connectivity index (χ0) is 23.1. The number of nitrogens with one attached hydrogen (secondary N) is 1. The summed E-state index contributed by atoms with van der Waals surface area (Å²) in [6, 6.07) is 7.44. The molecule has 0 atom stereocenters. The van der Waals surface area contributed by atoms with Crippen molar-refractivity contribution in [2.75, 3.05) is 26.2 Å². The van der Waals surface area contributed by atoms with Crippen LogP contribution in [0.2, 0.25) is 0 Å². The molecule has 1 fully saturated rings. The molecule has 2 aromatic rings. The van der Waals surface area contributed by atoms with Gasteiger partial charge >= 0.3 is 0 Å². The summed E-state index contributed by atoms with van der Waals surface area (Å²) in [6.07, 6.45) is 7.62. The lowest BCUT2D eigenvalue weighted by Crippen LogP contribution is -2.48. The molecule has 0 aliphatic carbocycles. The Kier molecular flexibility index (Phi) is 7.62. The van der Waals surface area contributed by atoms with Gasteiger partial charge in [0.15, 0.2) is 5.82 Å². The minimum atomic E-state index is -0.0879. The molecule has 1 N–H and O–H groups in total. The Balaban J connectivity index is 1.34. The van der Waals surface area contributed by atoms with Crippen LogP contribution in [0.4, 0.5) is 0 Å². The van der Waals surface area contributed by atoms with E-state index in [0.29, 0.717) is 49.0 Å². The first-order chi connectivity index (χ1) is 16.1. The number of rotatable bonds is 4. The van der Waals surface area contributed by atoms with Crippen molar-refractivity contribution in [2.24, 2.45) is 5.41 Å². The van der Waals surface area contributed by atoms with Gasteiger partial charge in [0.2, 0.25) is 11.8 Å². The average Bonchev–Trinajstić information content (AvgIpc) is 3.31. The number of fused-ring (bicyclic) bond motifs is 1. The summed E-state index contributed by atoms with van der Waals surface area (Å²) in [5.41, 5.74) is 0.623. The van der Waals surface area contributed by atoms with E-state index in [1.54, 1.807) is 0 Å². The van der Waals surface area contributed by atoms with Gasteiger partial charge in [-0.25, -0.2) is 0 Å². The number of amides is 2. The fourth-order valence-electron chi connectivity index (χ4n) is 4.76. The van der Waals surface area contributed by atoms with Crippen molar-refractivity contribution in [1.82, 2.24) is 20.4 Å². The van der Waals surface area contributed by atoms with Crippen molar-refractivity contribution in [3.05, 3.63) is 41.5 Å². The van der Waals surface area contributed by atoms with E-state index in [1.165, 1.54) is 0 Å². The Bertz CT molecular complexity index is 949. The molecular weight excluding hydrogens is 420 g/mol. The Hall–Kier alpha value is -2.90. The molecule has 1 aromatic heterocycles. The van der Waals surface area contributed by atoms with E-state index in [4.69, 9.17) is 9.26 Å². The molecule has 2 amide bonds. The molecule has 1 saturated heterocycles. The molecule has 1 aromatic carbocycles. The van der Waals surface area contributed by atoms with Crippen molar-refractivity contribution in [3.63, 3.8) is 0 Å². The second kappa shape index (κ2) is 10.8. The van der Waals surface area contributed by atoms with Crippen LogP contribution >= 0.6 is 0 Å². The number of aromatic nitrogens is 2. The van der Waals surface area contributed by atoms with Crippen LogP contribution in [-0.4, -0.2) is 53.1 Å². The van der Waals surface area contributed by atoms with E-state index in [9.17, 15) is 9.59 Å². The van der Waals surface area contributed by atoms with Gasteiger partial charge in [0, 0.05) is 38.9 Å². The van der Waals surface area contributed by atoms with E-state index in [-0.39, 0.29) is 17.2 Å². The van der Waals surface area contributed by atoms with Crippen LogP contribution in [0.5, 0.6) is 5.75 Å². The Morgan fingerprint density at radius 1 is 1.15 bits per heavy atom. The summed E-state index contributed by atoms with van der Waals surface area (Å²) in [5.74, 6) is 1.90. The molecule has 33 heavy (non-hydrogen) atoms. The van der Waals surface area contributed by atoms with Crippen LogP contribution in [0.3, 0.4) is 0 Å². The fraction of sp³-hybridized carbons (Fsp3) is 0.600. The average molecular weight is 455 g/mol. The number of piperidine rings is 1. The lowest BCUT2D eigenvalue weighted by molar-refractivity contribution is -0.133. The smallest absolute Gasteiger partial charge is 0.255 e. The molecule has 0 saturated carbocycles. The van der Waals surface area contributed by atoms with Gasteiger partial charge in [-0.05, 0) is 43.2 Å². The van der Waals surface area contributed by atoms with Gasteiger partial charge in [-0.3, -0.25) is 9.59 Å². The molecule has 0 unspecified atom stereocenters. The molecule has 0 bridgehead atoms. The predicted molar refractivity (Wildman–Crippen MR) is 123 cm³/mol. The van der Waals surface area contributed by atoms with Gasteiger partial charge in [0.25, 0.3) is 5.91 Å². The van der Waals surface area contributed by atoms with Crippen molar-refractivity contribution >= 4 is 11.8 Å². The number of carbonyl (C=O) groups is 2. The summed E-state index contributed by atoms with van der Waals surface area (Å²) >= 11 is 0. The van der Waals surface area contributed by atoms with Crippen LogP contribution in [-0.2, 0) is 17.6 Å². The van der Waals surface area contributed by atoms with Gasteiger partial charge < -0.3 is 19.5 Å². The fourth-order valence-corrected chi connectivity index (χ4v) is 4.76. The number of hydrogen-bond donors (Lipinski definition) is 1. The molecule has 0 radical (unpaired) electrons. The molecule has 1 spiro atoms. The van der Waals surface area contributed by atoms with Gasteiger partial charge in [-0.15, -0.1) is 0 Å². The second-order valence-corrected chi connectivity index (χ2v) is 9.18. The molecule has 178 valence electrons. The lowest BCUT2D eigenvalue weighted by Gasteiger charge is -2.42. The maximum absolute atomic E-state index is 12.9. The topological polar surface area (TPSA) is 97.6 Å². The first kappa shape index (κ1) is 23.3. The zero-order valence-corrected chi connectivity index (χ0v) is 19.5. The number of carbonyl (C=O) groups excluding carboxylic acids is 2. The highest BCUT2D eigenvalue weighted by molar-refractivity contribution is 5.96. The number of para-hydroxylation sites is 1. The van der Waals surface area contributed by atoms with Crippen LogP contribution in [0.15, 0.2) is 28.8 Å². The number of likely N-dealkylation sites (tertiary alicyclic amines) is 1. The van der Waals surface area contributed by atoms with E-state index in [2.05, 4.69) is 15.5 Å². The maximum Gasteiger partial charge on any atom is 0.255 e. The normalized spacial score (nSPS) is 19.1. The third-order valence-electron chi connectivity index (χ3n) is 6.92. The van der Waals surface area contributed by atoms with Crippen molar-refractivity contribution in [1.29, 1.82) is 0 Å². The first-order valence-corrected chi connectivity index (χ1v) is 12.2. The van der Waals surface area contributed by atoms with Crippen molar-refractivity contribution in [3.8, 4) is 5.75 Å². The molecule has 2 aliphatic heterocycles. The molecule has 3 heterocycles. The number of aryl methyl sites for hydroxylation is 2. The third kappa shape index (κ3) is 5.92. The van der Waals surface area contributed by atoms with E-state index in [1.807, 2.05) is 36.1 Å². The highest BCUT2D eigenvalue weighted by Gasteiger charge is 2.36. The predicted octanol–water partition coefficient (Wildman–Crippen LogP) is 3.56. The van der Waals surface area contributed by atoms with Crippen LogP contribution in [0, 0.1) is 5.41 Å². The number of ether oxygens (including phenoxy) is 1. The van der Waals surface area contributed by atoms with E-state index < -0.39 is 0 Å². The quantitative estimate of drug-likeness (QED) is 0.759. The van der Waals surface area contributed by atoms with Crippen LogP contribution in [0.1, 0.15) is 73.9 Å². The second-order valence-electron chi connectivity index (χ2n) is 9.18. The number of benzene rings is 1. The van der Waals surface area contributed by atoms with Crippen LogP contribution in [0.25, 0.3) is 0 Å². The molecule has 2 aliphatic rings. The number of nitrogens with zero attached hydrogens (tertiary/aromatic N) is 3. The minimum absolute atomic E-state index is 0.0317. The van der Waals surface area contributed by atoms with Crippen molar-refractivity contribution in [2.45, 2.75) is 64.7 Å². The third-order valence-corrected chi connectivity index (χ3v) is 6.92. The monoisotopic (exact) mass is 454 g/mol. The summed E-state index contributed by atoms with van der Waals surface area (Å²) < 4.78 is 11.1. The van der Waals surface area contributed by atoms with Gasteiger partial charge in [-0.1, -0.05) is 37.1 Å². The Labute approximate surface area is 195 Å². The summed E-state index contributed by atoms with van der Waals surface area (Å²) in [6.45, 7) is 4.67.